The number of ether oxygens (including phenoxy) is 3. The van der Waals surface area contributed by atoms with Crippen molar-refractivity contribution in [1.29, 1.82) is 0 Å². The second-order valence-corrected chi connectivity index (χ2v) is 5.70. The Balaban J connectivity index is 1.85. The third-order valence-corrected chi connectivity index (χ3v) is 3.41. The van der Waals surface area contributed by atoms with Gasteiger partial charge in [-0.1, -0.05) is 36.4 Å². The van der Waals surface area contributed by atoms with Crippen LogP contribution in [-0.4, -0.2) is 30.6 Å². The van der Waals surface area contributed by atoms with Gasteiger partial charge in [-0.2, -0.15) is 0 Å². The Hall–Kier alpha value is -1.85. The topological polar surface area (TPSA) is 56.8 Å². The Morgan fingerprint density at radius 1 is 1.45 bits per heavy atom. The normalized spacial score (nSPS) is 23.5. The van der Waals surface area contributed by atoms with Crippen LogP contribution in [0.4, 0.5) is 4.79 Å². The van der Waals surface area contributed by atoms with Crippen molar-refractivity contribution in [2.45, 2.75) is 44.8 Å². The van der Waals surface area contributed by atoms with Crippen molar-refractivity contribution in [2.24, 2.45) is 0 Å². The molecule has 0 aromatic heterocycles. The summed E-state index contributed by atoms with van der Waals surface area (Å²) in [6.07, 6.45) is 1.76. The molecule has 1 fully saturated rings. The second kappa shape index (κ2) is 7.42. The minimum Gasteiger partial charge on any atom is -0.445 e. The highest BCUT2D eigenvalue weighted by atomic mass is 16.7. The molecule has 120 valence electrons. The summed E-state index contributed by atoms with van der Waals surface area (Å²) in [6.45, 7) is 8.05. The number of rotatable bonds is 5. The van der Waals surface area contributed by atoms with Crippen molar-refractivity contribution >= 4 is 6.09 Å². The predicted molar refractivity (Wildman–Crippen MR) is 83.3 cm³/mol. The van der Waals surface area contributed by atoms with Crippen LogP contribution in [0.3, 0.4) is 0 Å². The second-order valence-electron chi connectivity index (χ2n) is 5.70. The molecule has 1 amide bonds. The fraction of sp³-hybridized carbons (Fsp3) is 0.471. The molecule has 0 aliphatic carbocycles. The predicted octanol–water partition coefficient (Wildman–Crippen LogP) is 3.01. The molecular weight excluding hydrogens is 282 g/mol. The summed E-state index contributed by atoms with van der Waals surface area (Å²) in [4.78, 5) is 11.9. The van der Waals surface area contributed by atoms with Crippen LogP contribution in [0.1, 0.15) is 25.8 Å². The molecule has 1 aromatic rings. The summed E-state index contributed by atoms with van der Waals surface area (Å²) < 4.78 is 16.6. The Morgan fingerprint density at radius 2 is 2.18 bits per heavy atom. The number of nitrogens with one attached hydrogen (secondary N) is 1. The van der Waals surface area contributed by atoms with Crippen molar-refractivity contribution in [1.82, 2.24) is 5.32 Å². The molecular formula is C17H23NO4. The first-order valence-electron chi connectivity index (χ1n) is 7.40. The van der Waals surface area contributed by atoms with Crippen molar-refractivity contribution in [3.8, 4) is 0 Å². The van der Waals surface area contributed by atoms with E-state index in [9.17, 15) is 4.79 Å². The van der Waals surface area contributed by atoms with Crippen LogP contribution in [0, 0.1) is 0 Å². The van der Waals surface area contributed by atoms with Gasteiger partial charge in [0.1, 0.15) is 6.61 Å². The third kappa shape index (κ3) is 4.86. The number of amides is 1. The zero-order valence-electron chi connectivity index (χ0n) is 13.1. The van der Waals surface area contributed by atoms with Gasteiger partial charge in [-0.05, 0) is 25.8 Å². The van der Waals surface area contributed by atoms with E-state index < -0.39 is 11.9 Å². The van der Waals surface area contributed by atoms with Crippen LogP contribution in [-0.2, 0) is 20.8 Å². The number of carbonyl (C=O) groups is 1. The third-order valence-electron chi connectivity index (χ3n) is 3.41. The van der Waals surface area contributed by atoms with E-state index in [1.807, 2.05) is 44.2 Å². The van der Waals surface area contributed by atoms with E-state index in [1.54, 1.807) is 6.08 Å². The number of alkyl carbamates (subject to hydrolysis) is 1. The smallest absolute Gasteiger partial charge is 0.407 e. The Kier molecular flexibility index (Phi) is 5.57. The minimum absolute atomic E-state index is 0.175. The maximum Gasteiger partial charge on any atom is 0.407 e. The summed E-state index contributed by atoms with van der Waals surface area (Å²) in [6, 6.07) is 9.28. The summed E-state index contributed by atoms with van der Waals surface area (Å²) in [5.74, 6) is -0.653. The average Bonchev–Trinajstić information content (AvgIpc) is 2.49. The lowest BCUT2D eigenvalue weighted by Gasteiger charge is -2.40. The maximum atomic E-state index is 11.9. The van der Waals surface area contributed by atoms with Gasteiger partial charge in [0.05, 0.1) is 18.8 Å². The van der Waals surface area contributed by atoms with E-state index >= 15 is 0 Å². The van der Waals surface area contributed by atoms with E-state index in [2.05, 4.69) is 11.9 Å². The molecule has 1 N–H and O–H groups in total. The molecule has 1 aliphatic rings. The van der Waals surface area contributed by atoms with E-state index in [1.165, 1.54) is 0 Å². The highest BCUT2D eigenvalue weighted by molar-refractivity contribution is 5.67. The fourth-order valence-corrected chi connectivity index (χ4v) is 2.31. The molecule has 0 bridgehead atoms. The van der Waals surface area contributed by atoms with Gasteiger partial charge >= 0.3 is 6.09 Å². The summed E-state index contributed by atoms with van der Waals surface area (Å²) in [7, 11) is 0. The van der Waals surface area contributed by atoms with Crippen molar-refractivity contribution in [3.63, 3.8) is 0 Å². The zero-order chi connectivity index (χ0) is 16.0. The van der Waals surface area contributed by atoms with Crippen LogP contribution < -0.4 is 5.32 Å². The molecule has 5 heteroatoms. The highest BCUT2D eigenvalue weighted by Crippen LogP contribution is 2.24. The molecule has 1 saturated heterocycles. The molecule has 0 unspecified atom stereocenters. The van der Waals surface area contributed by atoms with Crippen LogP contribution in [0.5, 0.6) is 0 Å². The van der Waals surface area contributed by atoms with E-state index in [-0.39, 0.29) is 18.8 Å². The van der Waals surface area contributed by atoms with Gasteiger partial charge in [-0.25, -0.2) is 4.79 Å². The molecule has 0 spiro atoms. The lowest BCUT2D eigenvalue weighted by molar-refractivity contribution is -0.280. The zero-order valence-corrected chi connectivity index (χ0v) is 13.1. The van der Waals surface area contributed by atoms with Crippen molar-refractivity contribution < 1.29 is 19.0 Å². The molecule has 1 heterocycles. The molecule has 0 radical (unpaired) electrons. The van der Waals surface area contributed by atoms with Gasteiger partial charge in [0.15, 0.2) is 5.79 Å². The standard InChI is InChI=1S/C17H23NO4/c1-4-8-15-14(12-21-17(2,3)22-15)18-16(19)20-11-13-9-6-5-7-10-13/h4-7,9-10,14-15H,1,8,11-12H2,2-3H3,(H,18,19)/t14-,15+/m1/s1. The van der Waals surface area contributed by atoms with E-state index in [0.29, 0.717) is 13.0 Å². The van der Waals surface area contributed by atoms with Crippen LogP contribution in [0.15, 0.2) is 43.0 Å². The highest BCUT2D eigenvalue weighted by Gasteiger charge is 2.36. The SMILES string of the molecule is C=CC[C@@H]1OC(C)(C)OC[C@H]1NC(=O)OCc1ccccc1. The van der Waals surface area contributed by atoms with Crippen molar-refractivity contribution in [2.75, 3.05) is 6.61 Å². The van der Waals surface area contributed by atoms with E-state index in [0.717, 1.165) is 5.56 Å². The maximum absolute atomic E-state index is 11.9. The first kappa shape index (κ1) is 16.5. The Morgan fingerprint density at radius 3 is 2.86 bits per heavy atom. The average molecular weight is 305 g/mol. The number of hydrogen-bond donors (Lipinski definition) is 1. The van der Waals surface area contributed by atoms with Crippen molar-refractivity contribution in [3.05, 3.63) is 48.6 Å². The Labute approximate surface area is 131 Å². The monoisotopic (exact) mass is 305 g/mol. The lowest BCUT2D eigenvalue weighted by atomic mass is 10.1. The van der Waals surface area contributed by atoms with Gasteiger partial charge in [0.2, 0.25) is 0 Å². The number of benzene rings is 1. The van der Waals surface area contributed by atoms with Gasteiger partial charge in [0, 0.05) is 0 Å². The largest absolute Gasteiger partial charge is 0.445 e. The van der Waals surface area contributed by atoms with Gasteiger partial charge < -0.3 is 19.5 Å². The molecule has 0 saturated carbocycles. The van der Waals surface area contributed by atoms with Crippen LogP contribution >= 0.6 is 0 Å². The molecule has 1 aromatic carbocycles. The summed E-state index contributed by atoms with van der Waals surface area (Å²) in [5, 5.41) is 2.80. The molecule has 1 aliphatic heterocycles. The number of hydrogen-bond acceptors (Lipinski definition) is 4. The van der Waals surface area contributed by atoms with E-state index in [4.69, 9.17) is 14.2 Å². The first-order chi connectivity index (χ1) is 10.5. The Bertz CT molecular complexity index is 501. The van der Waals surface area contributed by atoms with Gasteiger partial charge in [-0.3, -0.25) is 0 Å². The minimum atomic E-state index is -0.653. The number of carbonyl (C=O) groups excluding carboxylic acids is 1. The molecule has 2 atom stereocenters. The molecule has 2 rings (SSSR count). The fourth-order valence-electron chi connectivity index (χ4n) is 2.31. The quantitative estimate of drug-likeness (QED) is 0.850. The molecule has 22 heavy (non-hydrogen) atoms. The van der Waals surface area contributed by atoms with Crippen LogP contribution in [0.2, 0.25) is 0 Å². The van der Waals surface area contributed by atoms with Crippen LogP contribution in [0.25, 0.3) is 0 Å². The summed E-state index contributed by atoms with van der Waals surface area (Å²) in [5.41, 5.74) is 0.942. The summed E-state index contributed by atoms with van der Waals surface area (Å²) >= 11 is 0. The lowest BCUT2D eigenvalue weighted by Crippen LogP contribution is -2.55. The molecule has 5 nitrogen and oxygen atoms in total. The van der Waals surface area contributed by atoms with Gasteiger partial charge in [0.25, 0.3) is 0 Å². The van der Waals surface area contributed by atoms with Gasteiger partial charge in [-0.15, -0.1) is 6.58 Å². The first-order valence-corrected chi connectivity index (χ1v) is 7.40.